The van der Waals surface area contributed by atoms with Gasteiger partial charge in [-0.1, -0.05) is 16.4 Å². The lowest BCUT2D eigenvalue weighted by molar-refractivity contribution is 0.195. The van der Waals surface area contributed by atoms with Crippen molar-refractivity contribution >= 4 is 0 Å². The van der Waals surface area contributed by atoms with E-state index in [0.717, 1.165) is 19.4 Å². The van der Waals surface area contributed by atoms with E-state index >= 15 is 0 Å². The molecule has 1 saturated heterocycles. The molecule has 0 bridgehead atoms. The second kappa shape index (κ2) is 6.76. The molecule has 0 saturated carbocycles. The highest BCUT2D eigenvalue weighted by molar-refractivity contribution is 5.47. The molecule has 0 radical (unpaired) electrons. The van der Waals surface area contributed by atoms with Crippen LogP contribution in [0.3, 0.4) is 0 Å². The van der Waals surface area contributed by atoms with E-state index in [-0.39, 0.29) is 6.04 Å². The van der Waals surface area contributed by atoms with Crippen LogP contribution in [0.1, 0.15) is 30.6 Å². The van der Waals surface area contributed by atoms with Gasteiger partial charge >= 0.3 is 0 Å². The van der Waals surface area contributed by atoms with Crippen molar-refractivity contribution < 1.29 is 13.5 Å². The highest BCUT2D eigenvalue weighted by atomic mass is 16.5. The number of hydrogen-bond acceptors (Lipinski definition) is 9. The average molecular weight is 364 g/mol. The van der Waals surface area contributed by atoms with Gasteiger partial charge in [-0.05, 0) is 43.7 Å². The first-order valence-electron chi connectivity index (χ1n) is 8.72. The Hall–Kier alpha value is -3.33. The van der Waals surface area contributed by atoms with Crippen LogP contribution in [0, 0.1) is 0 Å². The van der Waals surface area contributed by atoms with Crippen LogP contribution in [0.2, 0.25) is 0 Å². The molecule has 0 aliphatic carbocycles. The van der Waals surface area contributed by atoms with Gasteiger partial charge < -0.3 is 13.5 Å². The largest absolute Gasteiger partial charge is 0.459 e. The summed E-state index contributed by atoms with van der Waals surface area (Å²) >= 11 is 0. The minimum Gasteiger partial charge on any atom is -0.459 e. The fourth-order valence-electron chi connectivity index (χ4n) is 3.26. The van der Waals surface area contributed by atoms with Crippen LogP contribution in [-0.2, 0) is 6.54 Å². The molecular formula is C18H16N6O3. The van der Waals surface area contributed by atoms with Gasteiger partial charge in [0.2, 0.25) is 11.7 Å². The molecule has 136 valence electrons. The second-order valence-electron chi connectivity index (χ2n) is 6.29. The zero-order chi connectivity index (χ0) is 18.1. The summed E-state index contributed by atoms with van der Waals surface area (Å²) in [6.45, 7) is 1.44. The Morgan fingerprint density at radius 1 is 1.07 bits per heavy atom. The second-order valence-corrected chi connectivity index (χ2v) is 6.29. The third-order valence-corrected chi connectivity index (χ3v) is 4.53. The number of aromatic nitrogens is 5. The van der Waals surface area contributed by atoms with Crippen LogP contribution in [0.5, 0.6) is 0 Å². The quantitative estimate of drug-likeness (QED) is 0.528. The Balaban J connectivity index is 1.33. The molecule has 1 atom stereocenters. The van der Waals surface area contributed by atoms with E-state index in [0.29, 0.717) is 41.4 Å². The predicted molar refractivity (Wildman–Crippen MR) is 91.9 cm³/mol. The molecular weight excluding hydrogens is 348 g/mol. The standard InChI is InChI=1S/C18H16N6O3/c1-2-8-19-12(5-1)16-21-17(26-23-16)13-6-3-9-24(13)11-15-20-18(27-22-15)14-7-4-10-25-14/h1-2,4-5,7-8,10,13H,3,6,9,11H2/t13-/m0/s1. The maximum Gasteiger partial charge on any atom is 0.293 e. The Morgan fingerprint density at radius 3 is 2.93 bits per heavy atom. The minimum absolute atomic E-state index is 0.0283. The van der Waals surface area contributed by atoms with E-state index in [9.17, 15) is 0 Å². The summed E-state index contributed by atoms with van der Waals surface area (Å²) in [7, 11) is 0. The van der Waals surface area contributed by atoms with Crippen molar-refractivity contribution in [2.24, 2.45) is 0 Å². The molecule has 4 aromatic rings. The van der Waals surface area contributed by atoms with E-state index in [2.05, 4.69) is 30.2 Å². The third-order valence-electron chi connectivity index (χ3n) is 4.53. The fourth-order valence-corrected chi connectivity index (χ4v) is 3.26. The van der Waals surface area contributed by atoms with Gasteiger partial charge in [-0.3, -0.25) is 9.88 Å². The zero-order valence-electron chi connectivity index (χ0n) is 14.4. The number of nitrogens with zero attached hydrogens (tertiary/aromatic N) is 6. The van der Waals surface area contributed by atoms with Crippen molar-refractivity contribution in [2.75, 3.05) is 6.54 Å². The highest BCUT2D eigenvalue weighted by Crippen LogP contribution is 2.33. The molecule has 1 aliphatic heterocycles. The first-order chi connectivity index (χ1) is 13.4. The molecule has 4 aromatic heterocycles. The maximum atomic E-state index is 5.51. The smallest absolute Gasteiger partial charge is 0.293 e. The predicted octanol–water partition coefficient (Wildman–Crippen LogP) is 3.11. The maximum absolute atomic E-state index is 5.51. The van der Waals surface area contributed by atoms with Gasteiger partial charge in [0, 0.05) is 6.20 Å². The lowest BCUT2D eigenvalue weighted by Crippen LogP contribution is -2.23. The molecule has 9 heteroatoms. The lowest BCUT2D eigenvalue weighted by atomic mass is 10.2. The van der Waals surface area contributed by atoms with Gasteiger partial charge in [-0.15, -0.1) is 0 Å². The molecule has 0 unspecified atom stereocenters. The van der Waals surface area contributed by atoms with Gasteiger partial charge in [-0.25, -0.2) is 0 Å². The number of likely N-dealkylation sites (tertiary alicyclic amines) is 1. The summed E-state index contributed by atoms with van der Waals surface area (Å²) < 4.78 is 16.1. The Labute approximate surface area is 154 Å². The van der Waals surface area contributed by atoms with Gasteiger partial charge in [-0.2, -0.15) is 9.97 Å². The van der Waals surface area contributed by atoms with Gasteiger partial charge in [0.15, 0.2) is 11.6 Å². The monoisotopic (exact) mass is 364 g/mol. The van der Waals surface area contributed by atoms with Crippen molar-refractivity contribution in [3.05, 3.63) is 54.5 Å². The minimum atomic E-state index is 0.0283. The van der Waals surface area contributed by atoms with Crippen molar-refractivity contribution in [3.63, 3.8) is 0 Å². The lowest BCUT2D eigenvalue weighted by Gasteiger charge is -2.19. The number of hydrogen-bond donors (Lipinski definition) is 0. The van der Waals surface area contributed by atoms with Crippen LogP contribution >= 0.6 is 0 Å². The Morgan fingerprint density at radius 2 is 2.07 bits per heavy atom. The van der Waals surface area contributed by atoms with Crippen molar-refractivity contribution in [3.8, 4) is 23.2 Å². The molecule has 1 fully saturated rings. The van der Waals surface area contributed by atoms with E-state index < -0.39 is 0 Å². The number of rotatable bonds is 5. The molecule has 0 N–H and O–H groups in total. The summed E-state index contributed by atoms with van der Waals surface area (Å²) in [6, 6.07) is 9.20. The number of pyridine rings is 1. The van der Waals surface area contributed by atoms with Gasteiger partial charge in [0.1, 0.15) is 5.69 Å². The molecule has 1 aliphatic rings. The molecule has 0 spiro atoms. The summed E-state index contributed by atoms with van der Waals surface area (Å²) in [6.07, 6.45) is 5.26. The fraction of sp³-hybridized carbons (Fsp3) is 0.278. The Bertz CT molecular complexity index is 1010. The van der Waals surface area contributed by atoms with Crippen LogP contribution in [0.15, 0.2) is 56.3 Å². The Kier molecular flexibility index (Phi) is 3.98. The molecule has 0 aromatic carbocycles. The van der Waals surface area contributed by atoms with Crippen LogP contribution in [-0.4, -0.2) is 36.7 Å². The van der Waals surface area contributed by atoms with Gasteiger partial charge in [0.25, 0.3) is 5.89 Å². The molecule has 5 rings (SSSR count). The number of furan rings is 1. The summed E-state index contributed by atoms with van der Waals surface area (Å²) in [4.78, 5) is 15.4. The van der Waals surface area contributed by atoms with Crippen LogP contribution < -0.4 is 0 Å². The summed E-state index contributed by atoms with van der Waals surface area (Å²) in [5.41, 5.74) is 0.693. The summed E-state index contributed by atoms with van der Waals surface area (Å²) in [5.74, 6) is 2.61. The van der Waals surface area contributed by atoms with Gasteiger partial charge in [0.05, 0.1) is 18.8 Å². The van der Waals surface area contributed by atoms with Crippen molar-refractivity contribution in [1.82, 2.24) is 30.2 Å². The van der Waals surface area contributed by atoms with Crippen molar-refractivity contribution in [2.45, 2.75) is 25.4 Å². The topological polar surface area (TPSA) is 107 Å². The van der Waals surface area contributed by atoms with Crippen LogP contribution in [0.4, 0.5) is 0 Å². The first kappa shape index (κ1) is 15.9. The summed E-state index contributed by atoms with van der Waals surface area (Å²) in [5, 5.41) is 8.13. The highest BCUT2D eigenvalue weighted by Gasteiger charge is 2.32. The zero-order valence-corrected chi connectivity index (χ0v) is 14.4. The van der Waals surface area contributed by atoms with Crippen molar-refractivity contribution in [1.29, 1.82) is 0 Å². The van der Waals surface area contributed by atoms with Crippen LogP contribution in [0.25, 0.3) is 23.2 Å². The van der Waals surface area contributed by atoms with E-state index in [1.165, 1.54) is 0 Å². The molecule has 27 heavy (non-hydrogen) atoms. The van der Waals surface area contributed by atoms with E-state index in [4.69, 9.17) is 13.5 Å². The third kappa shape index (κ3) is 3.13. The molecule has 0 amide bonds. The normalized spacial score (nSPS) is 17.6. The first-order valence-corrected chi connectivity index (χ1v) is 8.72. The average Bonchev–Trinajstić information content (AvgIpc) is 3.48. The molecule has 9 nitrogen and oxygen atoms in total. The molecule has 5 heterocycles. The van der Waals surface area contributed by atoms with E-state index in [1.54, 1.807) is 24.6 Å². The van der Waals surface area contributed by atoms with E-state index in [1.807, 2.05) is 18.2 Å². The SMILES string of the molecule is c1ccc(-c2noc([C@@H]3CCCN3Cc3noc(-c4ccco4)n3)n2)nc1.